The van der Waals surface area contributed by atoms with Crippen LogP contribution >= 0.6 is 15.9 Å². The van der Waals surface area contributed by atoms with Crippen molar-refractivity contribution in [1.82, 2.24) is 4.90 Å². The number of halogens is 1. The Hall–Kier alpha value is -1.03. The SMILES string of the molecule is Cc1c(O)cccc1C(=O)N1CCCC1CBr. The molecule has 1 atom stereocenters. The summed E-state index contributed by atoms with van der Waals surface area (Å²) in [5.74, 6) is 0.214. The highest BCUT2D eigenvalue weighted by molar-refractivity contribution is 9.09. The standard InChI is InChI=1S/C13H16BrNO2/c1-9-11(5-2-6-12(9)16)13(17)15-7-3-4-10(15)8-14/h2,5-6,10,16H,3-4,7-8H2,1H3. The molecule has 2 rings (SSSR count). The lowest BCUT2D eigenvalue weighted by Crippen LogP contribution is -2.36. The Morgan fingerprint density at radius 3 is 3.06 bits per heavy atom. The van der Waals surface area contributed by atoms with Gasteiger partial charge in [0.2, 0.25) is 0 Å². The highest BCUT2D eigenvalue weighted by Crippen LogP contribution is 2.25. The number of amides is 1. The van der Waals surface area contributed by atoms with Gasteiger partial charge in [-0.05, 0) is 31.9 Å². The number of alkyl halides is 1. The van der Waals surface area contributed by atoms with Crippen molar-refractivity contribution in [2.45, 2.75) is 25.8 Å². The number of carbonyl (C=O) groups excluding carboxylic acids is 1. The van der Waals surface area contributed by atoms with Crippen LogP contribution in [0.25, 0.3) is 0 Å². The fraction of sp³-hybridized carbons (Fsp3) is 0.462. The van der Waals surface area contributed by atoms with Crippen molar-refractivity contribution >= 4 is 21.8 Å². The molecule has 0 saturated carbocycles. The summed E-state index contributed by atoms with van der Waals surface area (Å²) >= 11 is 3.45. The molecule has 0 bridgehead atoms. The van der Waals surface area contributed by atoms with Gasteiger partial charge in [0.15, 0.2) is 0 Å². The predicted octanol–water partition coefficient (Wildman–Crippen LogP) is 2.70. The summed E-state index contributed by atoms with van der Waals surface area (Å²) in [6.45, 7) is 2.59. The summed E-state index contributed by atoms with van der Waals surface area (Å²) in [6.07, 6.45) is 2.11. The van der Waals surface area contributed by atoms with Gasteiger partial charge in [0.05, 0.1) is 0 Å². The number of aromatic hydroxyl groups is 1. The first-order valence-corrected chi connectivity index (χ1v) is 6.93. The molecule has 1 fully saturated rings. The van der Waals surface area contributed by atoms with Gasteiger partial charge in [-0.1, -0.05) is 22.0 Å². The third-order valence-corrected chi connectivity index (χ3v) is 4.10. The van der Waals surface area contributed by atoms with Crippen LogP contribution in [0.2, 0.25) is 0 Å². The number of nitrogens with zero attached hydrogens (tertiary/aromatic N) is 1. The lowest BCUT2D eigenvalue weighted by molar-refractivity contribution is 0.0749. The van der Waals surface area contributed by atoms with Gasteiger partial charge < -0.3 is 10.0 Å². The molecule has 1 heterocycles. The number of likely N-dealkylation sites (tertiary alicyclic amines) is 1. The number of phenols is 1. The average Bonchev–Trinajstić information content (AvgIpc) is 2.80. The molecule has 1 aliphatic heterocycles. The van der Waals surface area contributed by atoms with Gasteiger partial charge in [0, 0.05) is 29.0 Å². The van der Waals surface area contributed by atoms with E-state index in [9.17, 15) is 9.90 Å². The van der Waals surface area contributed by atoms with Crippen LogP contribution in [0.4, 0.5) is 0 Å². The largest absolute Gasteiger partial charge is 0.508 e. The third kappa shape index (κ3) is 2.32. The molecule has 1 saturated heterocycles. The van der Waals surface area contributed by atoms with Gasteiger partial charge in [-0.25, -0.2) is 0 Å². The van der Waals surface area contributed by atoms with Gasteiger partial charge in [-0.3, -0.25) is 4.79 Å². The second-order valence-corrected chi connectivity index (χ2v) is 5.05. The van der Waals surface area contributed by atoms with Crippen molar-refractivity contribution in [1.29, 1.82) is 0 Å². The van der Waals surface area contributed by atoms with Crippen molar-refractivity contribution in [3.63, 3.8) is 0 Å². The minimum absolute atomic E-state index is 0.0281. The maximum absolute atomic E-state index is 12.4. The van der Waals surface area contributed by atoms with Crippen molar-refractivity contribution < 1.29 is 9.90 Å². The van der Waals surface area contributed by atoms with E-state index in [-0.39, 0.29) is 17.7 Å². The normalized spacial score (nSPS) is 19.6. The third-order valence-electron chi connectivity index (χ3n) is 3.35. The fourth-order valence-corrected chi connectivity index (χ4v) is 2.95. The van der Waals surface area contributed by atoms with Gasteiger partial charge in [-0.2, -0.15) is 0 Å². The van der Waals surface area contributed by atoms with Crippen molar-refractivity contribution in [2.24, 2.45) is 0 Å². The topological polar surface area (TPSA) is 40.5 Å². The van der Waals surface area contributed by atoms with Crippen molar-refractivity contribution in [2.75, 3.05) is 11.9 Å². The second-order valence-electron chi connectivity index (χ2n) is 4.40. The van der Waals surface area contributed by atoms with Crippen LogP contribution in [0.1, 0.15) is 28.8 Å². The van der Waals surface area contributed by atoms with E-state index in [0.29, 0.717) is 11.1 Å². The van der Waals surface area contributed by atoms with Crippen LogP contribution in [0, 0.1) is 6.92 Å². The molecular weight excluding hydrogens is 282 g/mol. The second kappa shape index (κ2) is 5.08. The Morgan fingerprint density at radius 2 is 2.35 bits per heavy atom. The van der Waals surface area contributed by atoms with Gasteiger partial charge >= 0.3 is 0 Å². The van der Waals surface area contributed by atoms with E-state index in [1.54, 1.807) is 25.1 Å². The van der Waals surface area contributed by atoms with E-state index in [1.165, 1.54) is 0 Å². The molecule has 1 unspecified atom stereocenters. The molecule has 0 aliphatic carbocycles. The Bertz CT molecular complexity index is 433. The zero-order valence-corrected chi connectivity index (χ0v) is 11.4. The Morgan fingerprint density at radius 1 is 1.59 bits per heavy atom. The van der Waals surface area contributed by atoms with Crippen LogP contribution in [0.3, 0.4) is 0 Å². The van der Waals surface area contributed by atoms with Crippen LogP contribution in [-0.4, -0.2) is 33.8 Å². The lowest BCUT2D eigenvalue weighted by atomic mass is 10.1. The van der Waals surface area contributed by atoms with E-state index in [1.807, 2.05) is 4.90 Å². The average molecular weight is 298 g/mol. The van der Waals surface area contributed by atoms with E-state index in [2.05, 4.69) is 15.9 Å². The quantitative estimate of drug-likeness (QED) is 0.853. The molecule has 4 heteroatoms. The van der Waals surface area contributed by atoms with Gasteiger partial charge in [0.1, 0.15) is 5.75 Å². The predicted molar refractivity (Wildman–Crippen MR) is 70.7 cm³/mol. The van der Waals surface area contributed by atoms with E-state index in [0.717, 1.165) is 24.7 Å². The molecule has 0 radical (unpaired) electrons. The molecule has 1 N–H and O–H groups in total. The maximum Gasteiger partial charge on any atom is 0.254 e. The fourth-order valence-electron chi connectivity index (χ4n) is 2.27. The first-order chi connectivity index (χ1) is 8.15. The van der Waals surface area contributed by atoms with Gasteiger partial charge in [-0.15, -0.1) is 0 Å². The first-order valence-electron chi connectivity index (χ1n) is 5.80. The first kappa shape index (κ1) is 12.4. The Labute approximate surface area is 110 Å². The summed E-state index contributed by atoms with van der Waals surface area (Å²) in [4.78, 5) is 14.3. The van der Waals surface area contributed by atoms with E-state index in [4.69, 9.17) is 0 Å². The minimum Gasteiger partial charge on any atom is -0.508 e. The zero-order valence-electron chi connectivity index (χ0n) is 9.82. The van der Waals surface area contributed by atoms with Crippen molar-refractivity contribution in [3.05, 3.63) is 29.3 Å². The molecular formula is C13H16BrNO2. The molecule has 17 heavy (non-hydrogen) atoms. The Kier molecular flexibility index (Phi) is 3.72. The zero-order chi connectivity index (χ0) is 12.4. The summed E-state index contributed by atoms with van der Waals surface area (Å²) < 4.78 is 0. The monoisotopic (exact) mass is 297 g/mol. The molecule has 1 aliphatic rings. The molecule has 92 valence electrons. The summed E-state index contributed by atoms with van der Waals surface area (Å²) in [5, 5.41) is 10.5. The molecule has 1 aromatic rings. The smallest absolute Gasteiger partial charge is 0.254 e. The molecule has 1 aromatic carbocycles. The number of carbonyl (C=O) groups is 1. The van der Waals surface area contributed by atoms with Crippen LogP contribution in [0.5, 0.6) is 5.75 Å². The summed E-state index contributed by atoms with van der Waals surface area (Å²) in [5.41, 5.74) is 1.27. The molecule has 1 amide bonds. The highest BCUT2D eigenvalue weighted by atomic mass is 79.9. The van der Waals surface area contributed by atoms with Crippen LogP contribution in [-0.2, 0) is 0 Å². The number of benzene rings is 1. The molecule has 0 aromatic heterocycles. The minimum atomic E-state index is 0.0281. The molecule has 0 spiro atoms. The number of hydrogen-bond donors (Lipinski definition) is 1. The maximum atomic E-state index is 12.4. The van der Waals surface area contributed by atoms with Crippen LogP contribution in [0.15, 0.2) is 18.2 Å². The van der Waals surface area contributed by atoms with E-state index < -0.39 is 0 Å². The summed E-state index contributed by atoms with van der Waals surface area (Å²) in [6, 6.07) is 5.39. The number of rotatable bonds is 2. The number of phenolic OH excluding ortho intramolecular Hbond substituents is 1. The van der Waals surface area contributed by atoms with E-state index >= 15 is 0 Å². The molecule has 3 nitrogen and oxygen atoms in total. The Balaban J connectivity index is 2.28. The highest BCUT2D eigenvalue weighted by Gasteiger charge is 2.29. The van der Waals surface area contributed by atoms with Gasteiger partial charge in [0.25, 0.3) is 5.91 Å². The van der Waals surface area contributed by atoms with Crippen molar-refractivity contribution in [3.8, 4) is 5.75 Å². The summed E-state index contributed by atoms with van der Waals surface area (Å²) in [7, 11) is 0. The van der Waals surface area contributed by atoms with Crippen LogP contribution < -0.4 is 0 Å². The number of hydrogen-bond acceptors (Lipinski definition) is 2. The lowest BCUT2D eigenvalue weighted by Gasteiger charge is -2.24.